The summed E-state index contributed by atoms with van der Waals surface area (Å²) in [4.78, 5) is 13.4. The lowest BCUT2D eigenvalue weighted by Crippen LogP contribution is -2.34. The van der Waals surface area contributed by atoms with Crippen LogP contribution in [0.15, 0.2) is 24.3 Å². The van der Waals surface area contributed by atoms with E-state index in [9.17, 15) is 9.18 Å². The number of piperidine rings is 1. The summed E-state index contributed by atoms with van der Waals surface area (Å²) in [5.74, 6) is -0.0192. The van der Waals surface area contributed by atoms with Crippen molar-refractivity contribution in [2.75, 3.05) is 6.54 Å². The topological polar surface area (TPSA) is 20.3 Å². The highest BCUT2D eigenvalue weighted by Gasteiger charge is 2.17. The Morgan fingerprint density at radius 1 is 1.20 bits per heavy atom. The molecule has 0 saturated carbocycles. The molecule has 1 amide bonds. The lowest BCUT2D eigenvalue weighted by atomic mass is 10.1. The zero-order chi connectivity index (χ0) is 10.7. The third-order valence-electron chi connectivity index (χ3n) is 2.71. The molecule has 0 spiro atoms. The van der Waals surface area contributed by atoms with E-state index in [4.69, 9.17) is 0 Å². The molecule has 15 heavy (non-hydrogen) atoms. The Morgan fingerprint density at radius 2 is 1.93 bits per heavy atom. The minimum atomic E-state index is -0.233. The average molecular weight is 207 g/mol. The molecular formula is C12H14FNO. The SMILES string of the molecule is O=C1CCCCN1Cc1ccc(F)cc1. The van der Waals surface area contributed by atoms with E-state index in [2.05, 4.69) is 0 Å². The Balaban J connectivity index is 2.01. The number of hydrogen-bond acceptors (Lipinski definition) is 1. The van der Waals surface area contributed by atoms with Crippen LogP contribution in [0.5, 0.6) is 0 Å². The second kappa shape index (κ2) is 4.43. The first kappa shape index (κ1) is 10.1. The normalized spacial score (nSPS) is 16.9. The Bertz CT molecular complexity index is 347. The van der Waals surface area contributed by atoms with Crippen molar-refractivity contribution in [3.63, 3.8) is 0 Å². The van der Waals surface area contributed by atoms with Gasteiger partial charge in [0.15, 0.2) is 0 Å². The van der Waals surface area contributed by atoms with Gasteiger partial charge in [0, 0.05) is 19.5 Å². The van der Waals surface area contributed by atoms with Crippen LogP contribution in [-0.2, 0) is 11.3 Å². The van der Waals surface area contributed by atoms with Crippen molar-refractivity contribution in [2.45, 2.75) is 25.8 Å². The van der Waals surface area contributed by atoms with E-state index in [1.54, 1.807) is 12.1 Å². The van der Waals surface area contributed by atoms with Gasteiger partial charge in [0.2, 0.25) is 5.91 Å². The average Bonchev–Trinajstić information content (AvgIpc) is 2.25. The van der Waals surface area contributed by atoms with E-state index < -0.39 is 0 Å². The lowest BCUT2D eigenvalue weighted by molar-refractivity contribution is -0.133. The molecule has 0 bridgehead atoms. The number of nitrogens with zero attached hydrogens (tertiary/aromatic N) is 1. The number of hydrogen-bond donors (Lipinski definition) is 0. The largest absolute Gasteiger partial charge is 0.338 e. The van der Waals surface area contributed by atoms with Crippen molar-refractivity contribution in [3.8, 4) is 0 Å². The van der Waals surface area contributed by atoms with Gasteiger partial charge in [-0.3, -0.25) is 4.79 Å². The van der Waals surface area contributed by atoms with Crippen LogP contribution in [0.1, 0.15) is 24.8 Å². The molecule has 1 aliphatic rings. The molecule has 0 atom stereocenters. The number of halogens is 1. The highest BCUT2D eigenvalue weighted by molar-refractivity contribution is 5.76. The molecule has 1 aromatic carbocycles. The fourth-order valence-corrected chi connectivity index (χ4v) is 1.84. The quantitative estimate of drug-likeness (QED) is 0.729. The molecule has 1 heterocycles. The summed E-state index contributed by atoms with van der Waals surface area (Å²) in [6, 6.07) is 6.34. The second-order valence-electron chi connectivity index (χ2n) is 3.90. The number of benzene rings is 1. The number of amides is 1. The van der Waals surface area contributed by atoms with Crippen molar-refractivity contribution >= 4 is 5.91 Å². The summed E-state index contributed by atoms with van der Waals surface area (Å²) < 4.78 is 12.7. The molecule has 0 radical (unpaired) electrons. The van der Waals surface area contributed by atoms with E-state index in [-0.39, 0.29) is 11.7 Å². The van der Waals surface area contributed by atoms with Gasteiger partial charge in [0.1, 0.15) is 5.82 Å². The Hall–Kier alpha value is -1.38. The van der Waals surface area contributed by atoms with E-state index >= 15 is 0 Å². The van der Waals surface area contributed by atoms with E-state index in [0.717, 1.165) is 24.9 Å². The fourth-order valence-electron chi connectivity index (χ4n) is 1.84. The maximum absolute atomic E-state index is 12.7. The molecule has 0 aliphatic carbocycles. The minimum Gasteiger partial charge on any atom is -0.338 e. The molecule has 0 N–H and O–H groups in total. The van der Waals surface area contributed by atoms with Crippen LogP contribution in [0.2, 0.25) is 0 Å². The van der Waals surface area contributed by atoms with Crippen LogP contribution >= 0.6 is 0 Å². The first-order chi connectivity index (χ1) is 7.25. The highest BCUT2D eigenvalue weighted by Crippen LogP contribution is 2.14. The molecule has 2 rings (SSSR count). The number of likely N-dealkylation sites (tertiary alicyclic amines) is 1. The molecule has 0 aromatic heterocycles. The first-order valence-electron chi connectivity index (χ1n) is 5.28. The summed E-state index contributed by atoms with van der Waals surface area (Å²) in [5.41, 5.74) is 0.992. The van der Waals surface area contributed by atoms with Crippen LogP contribution in [0, 0.1) is 5.82 Å². The van der Waals surface area contributed by atoms with Crippen molar-refractivity contribution in [2.24, 2.45) is 0 Å². The predicted molar refractivity (Wildman–Crippen MR) is 55.7 cm³/mol. The number of carbonyl (C=O) groups excluding carboxylic acids is 1. The van der Waals surface area contributed by atoms with Gasteiger partial charge in [-0.25, -0.2) is 4.39 Å². The van der Waals surface area contributed by atoms with Gasteiger partial charge in [-0.05, 0) is 30.5 Å². The van der Waals surface area contributed by atoms with Gasteiger partial charge in [-0.2, -0.15) is 0 Å². The molecule has 3 heteroatoms. The number of carbonyl (C=O) groups is 1. The van der Waals surface area contributed by atoms with Crippen molar-refractivity contribution in [1.82, 2.24) is 4.90 Å². The molecule has 1 aliphatic heterocycles. The summed E-state index contributed by atoms with van der Waals surface area (Å²) in [6.07, 6.45) is 2.73. The summed E-state index contributed by atoms with van der Waals surface area (Å²) in [6.45, 7) is 1.44. The zero-order valence-electron chi connectivity index (χ0n) is 8.58. The zero-order valence-corrected chi connectivity index (χ0v) is 8.58. The molecule has 2 nitrogen and oxygen atoms in total. The van der Waals surface area contributed by atoms with Gasteiger partial charge in [0.25, 0.3) is 0 Å². The minimum absolute atomic E-state index is 0.213. The van der Waals surface area contributed by atoms with Crippen molar-refractivity contribution < 1.29 is 9.18 Å². The van der Waals surface area contributed by atoms with Crippen LogP contribution in [0.3, 0.4) is 0 Å². The highest BCUT2D eigenvalue weighted by atomic mass is 19.1. The standard InChI is InChI=1S/C12H14FNO/c13-11-6-4-10(5-7-11)9-14-8-2-1-3-12(14)15/h4-7H,1-3,8-9H2. The van der Waals surface area contributed by atoms with Gasteiger partial charge < -0.3 is 4.90 Å². The summed E-state index contributed by atoms with van der Waals surface area (Å²) in [5, 5.41) is 0. The lowest BCUT2D eigenvalue weighted by Gasteiger charge is -2.26. The Labute approximate surface area is 88.7 Å². The number of rotatable bonds is 2. The Kier molecular flexibility index (Phi) is 2.99. The van der Waals surface area contributed by atoms with E-state index in [0.29, 0.717) is 13.0 Å². The monoisotopic (exact) mass is 207 g/mol. The third-order valence-corrected chi connectivity index (χ3v) is 2.71. The summed E-state index contributed by atoms with van der Waals surface area (Å²) >= 11 is 0. The molecule has 1 saturated heterocycles. The Morgan fingerprint density at radius 3 is 2.60 bits per heavy atom. The van der Waals surface area contributed by atoms with Crippen LogP contribution in [-0.4, -0.2) is 17.4 Å². The maximum atomic E-state index is 12.7. The van der Waals surface area contributed by atoms with E-state index in [1.807, 2.05) is 4.90 Å². The fraction of sp³-hybridized carbons (Fsp3) is 0.417. The van der Waals surface area contributed by atoms with Crippen LogP contribution in [0.4, 0.5) is 4.39 Å². The maximum Gasteiger partial charge on any atom is 0.222 e. The first-order valence-corrected chi connectivity index (χ1v) is 5.28. The van der Waals surface area contributed by atoms with Crippen LogP contribution < -0.4 is 0 Å². The van der Waals surface area contributed by atoms with E-state index in [1.165, 1.54) is 12.1 Å². The molecule has 1 fully saturated rings. The van der Waals surface area contributed by atoms with Crippen LogP contribution in [0.25, 0.3) is 0 Å². The smallest absolute Gasteiger partial charge is 0.222 e. The molecule has 0 unspecified atom stereocenters. The third kappa shape index (κ3) is 2.55. The molecule has 80 valence electrons. The van der Waals surface area contributed by atoms with Gasteiger partial charge in [-0.15, -0.1) is 0 Å². The molecular weight excluding hydrogens is 193 g/mol. The van der Waals surface area contributed by atoms with Gasteiger partial charge >= 0.3 is 0 Å². The molecule has 1 aromatic rings. The summed E-state index contributed by atoms with van der Waals surface area (Å²) in [7, 11) is 0. The predicted octanol–water partition coefficient (Wildman–Crippen LogP) is 2.34. The second-order valence-corrected chi connectivity index (χ2v) is 3.90. The van der Waals surface area contributed by atoms with Gasteiger partial charge in [-0.1, -0.05) is 12.1 Å². The van der Waals surface area contributed by atoms with Crippen molar-refractivity contribution in [3.05, 3.63) is 35.6 Å². The van der Waals surface area contributed by atoms with Crippen molar-refractivity contribution in [1.29, 1.82) is 0 Å². The van der Waals surface area contributed by atoms with Gasteiger partial charge in [0.05, 0.1) is 0 Å².